The summed E-state index contributed by atoms with van der Waals surface area (Å²) < 4.78 is 32.6. The molecule has 0 bridgehead atoms. The Hall–Kier alpha value is -1.15. The lowest BCUT2D eigenvalue weighted by Gasteiger charge is -2.23. The largest absolute Gasteiger partial charge is 0.472 e. The molecule has 0 aliphatic rings. The van der Waals surface area contributed by atoms with Gasteiger partial charge in [0.15, 0.2) is 6.10 Å². The fourth-order valence-corrected chi connectivity index (χ4v) is 6.76. The minimum atomic E-state index is -4.43. The highest BCUT2D eigenvalue weighted by molar-refractivity contribution is 7.47. The number of nitrogens with two attached hydrogens (primary N) is 1. The van der Waals surface area contributed by atoms with Crippen molar-refractivity contribution in [3.63, 3.8) is 0 Å². The van der Waals surface area contributed by atoms with E-state index in [-0.39, 0.29) is 39.0 Å². The van der Waals surface area contributed by atoms with Crippen molar-refractivity contribution in [2.45, 2.75) is 211 Å². The molecule has 5 unspecified atom stereocenters. The molecule has 0 saturated heterocycles. The molecular formula is C39H78NO12P. The first-order valence-electron chi connectivity index (χ1n) is 20.8. The molecule has 6 atom stereocenters. The van der Waals surface area contributed by atoms with E-state index in [0.29, 0.717) is 38.5 Å². The minimum absolute atomic E-state index is 0.0140. The summed E-state index contributed by atoms with van der Waals surface area (Å²) in [5.41, 5.74) is 5.32. The van der Waals surface area contributed by atoms with Gasteiger partial charge in [0.25, 0.3) is 0 Å². The van der Waals surface area contributed by atoms with Crippen LogP contribution in [0.3, 0.4) is 0 Å². The molecule has 0 aromatic carbocycles. The van der Waals surface area contributed by atoms with E-state index in [9.17, 15) is 39.5 Å². The Morgan fingerprint density at radius 2 is 0.981 bits per heavy atom. The number of esters is 2. The van der Waals surface area contributed by atoms with Gasteiger partial charge in [0.2, 0.25) is 0 Å². The molecular weight excluding hydrogens is 705 g/mol. The number of unbranched alkanes of at least 4 members (excludes halogenated alkanes) is 18. The number of hydrogen-bond donors (Lipinski definition) is 6. The number of carbonyl (C=O) groups excluding carboxylic acids is 2. The third kappa shape index (κ3) is 32.8. The molecule has 0 aliphatic heterocycles. The summed E-state index contributed by atoms with van der Waals surface area (Å²) in [6.07, 6.45) is 17.6. The van der Waals surface area contributed by atoms with Gasteiger partial charge in [-0.2, -0.15) is 0 Å². The number of phosphoric ester groups is 1. The van der Waals surface area contributed by atoms with Gasteiger partial charge in [0.1, 0.15) is 6.61 Å². The maximum absolute atomic E-state index is 12.6. The summed E-state index contributed by atoms with van der Waals surface area (Å²) in [7, 11) is -4.43. The van der Waals surface area contributed by atoms with Crippen molar-refractivity contribution >= 4 is 19.8 Å². The first-order chi connectivity index (χ1) is 25.4. The van der Waals surface area contributed by atoms with Crippen molar-refractivity contribution < 1.29 is 58.0 Å². The van der Waals surface area contributed by atoms with Gasteiger partial charge in [-0.25, -0.2) is 4.57 Å². The summed E-state index contributed by atoms with van der Waals surface area (Å²) in [6.45, 7) is 3.29. The third-order valence-electron chi connectivity index (χ3n) is 9.36. The summed E-state index contributed by atoms with van der Waals surface area (Å²) in [4.78, 5) is 34.8. The molecule has 0 aromatic heterocycles. The molecule has 13 nitrogen and oxygen atoms in total. The van der Waals surface area contributed by atoms with E-state index in [1.165, 1.54) is 57.8 Å². The van der Waals surface area contributed by atoms with Gasteiger partial charge in [-0.15, -0.1) is 0 Å². The molecule has 53 heavy (non-hydrogen) atoms. The Morgan fingerprint density at radius 1 is 0.566 bits per heavy atom. The number of rotatable bonds is 39. The lowest BCUT2D eigenvalue weighted by Crippen LogP contribution is -2.35. The molecule has 0 fully saturated rings. The second-order valence-corrected chi connectivity index (χ2v) is 15.9. The molecule has 0 amide bonds. The average Bonchev–Trinajstić information content (AvgIpc) is 3.13. The zero-order valence-corrected chi connectivity index (χ0v) is 34.1. The van der Waals surface area contributed by atoms with E-state index < -0.39 is 56.9 Å². The lowest BCUT2D eigenvalue weighted by molar-refractivity contribution is -0.161. The first kappa shape index (κ1) is 51.9. The first-order valence-corrected chi connectivity index (χ1v) is 22.3. The zero-order chi connectivity index (χ0) is 39.6. The van der Waals surface area contributed by atoms with Crippen LogP contribution in [0.1, 0.15) is 181 Å². The highest BCUT2D eigenvalue weighted by Gasteiger charge is 2.26. The highest BCUT2D eigenvalue weighted by atomic mass is 31.2. The fraction of sp³-hybridized carbons (Fsp3) is 0.949. The maximum Gasteiger partial charge on any atom is 0.472 e. The molecule has 14 heteroatoms. The lowest BCUT2D eigenvalue weighted by atomic mass is 9.96. The predicted octanol–water partition coefficient (Wildman–Crippen LogP) is 7.16. The Labute approximate surface area is 320 Å². The van der Waals surface area contributed by atoms with Crippen LogP contribution in [0.4, 0.5) is 0 Å². The number of hydrogen-bond acceptors (Lipinski definition) is 12. The Balaban J connectivity index is 4.37. The van der Waals surface area contributed by atoms with Crippen molar-refractivity contribution in [1.29, 1.82) is 0 Å². The zero-order valence-electron chi connectivity index (χ0n) is 33.2. The highest BCUT2D eigenvalue weighted by Crippen LogP contribution is 2.43. The number of carbonyl (C=O) groups is 2. The molecule has 0 saturated carbocycles. The molecule has 0 spiro atoms. The Kier molecular flexibility index (Phi) is 34.5. The van der Waals surface area contributed by atoms with Crippen molar-refractivity contribution in [3.05, 3.63) is 0 Å². The van der Waals surface area contributed by atoms with E-state index in [1.54, 1.807) is 0 Å². The van der Waals surface area contributed by atoms with Crippen LogP contribution in [0.15, 0.2) is 0 Å². The van der Waals surface area contributed by atoms with Crippen LogP contribution in [-0.2, 0) is 32.7 Å². The molecule has 0 aliphatic carbocycles. The quantitative estimate of drug-likeness (QED) is 0.0208. The predicted molar refractivity (Wildman–Crippen MR) is 207 cm³/mol. The van der Waals surface area contributed by atoms with Gasteiger partial charge in [0.05, 0.1) is 37.6 Å². The monoisotopic (exact) mass is 784 g/mol. The van der Waals surface area contributed by atoms with E-state index in [2.05, 4.69) is 13.8 Å². The molecule has 7 N–H and O–H groups in total. The molecule has 0 radical (unpaired) electrons. The van der Waals surface area contributed by atoms with Gasteiger partial charge >= 0.3 is 19.8 Å². The van der Waals surface area contributed by atoms with Gasteiger partial charge in [0, 0.05) is 25.8 Å². The molecule has 0 aromatic rings. The van der Waals surface area contributed by atoms with Crippen molar-refractivity contribution in [2.75, 3.05) is 26.4 Å². The fourth-order valence-electron chi connectivity index (χ4n) is 5.99. The maximum atomic E-state index is 12.6. The van der Waals surface area contributed by atoms with Gasteiger partial charge in [-0.3, -0.25) is 18.6 Å². The normalized spacial score (nSPS) is 15.7. The Bertz CT molecular complexity index is 914. The summed E-state index contributed by atoms with van der Waals surface area (Å²) >= 11 is 0. The van der Waals surface area contributed by atoms with Crippen LogP contribution in [-0.4, -0.2) is 94.1 Å². The minimum Gasteiger partial charge on any atom is -0.462 e. The number of ether oxygens (including phenoxy) is 2. The second kappa shape index (κ2) is 35.3. The molecule has 0 rings (SSSR count). The van der Waals surface area contributed by atoms with E-state index in [0.717, 1.165) is 51.4 Å². The standard InChI is InChI=1S/C39H78NO12P/c1-3-5-7-8-9-10-11-12-13-14-15-18-22-26-38(45)49-31-33(32-51-53(47,48)50-29-28-40)52-39(46)27-23-19-16-17-21-25-35(42)37(44)30-36(43)34(41)24-20-6-4-2/h33-37,41-44H,3-32,40H2,1-2H3,(H,47,48)/t33-,34?,35?,36?,37?/m1/s1. The van der Waals surface area contributed by atoms with Crippen LogP contribution in [0.2, 0.25) is 0 Å². The van der Waals surface area contributed by atoms with Gasteiger partial charge in [-0.1, -0.05) is 136 Å². The van der Waals surface area contributed by atoms with Crippen LogP contribution >= 0.6 is 7.82 Å². The summed E-state index contributed by atoms with van der Waals surface area (Å²) in [6, 6.07) is 0. The number of phosphoric acid groups is 1. The summed E-state index contributed by atoms with van der Waals surface area (Å²) in [5.74, 6) is -0.995. The third-order valence-corrected chi connectivity index (χ3v) is 10.3. The van der Waals surface area contributed by atoms with Crippen LogP contribution in [0.25, 0.3) is 0 Å². The summed E-state index contributed by atoms with van der Waals surface area (Å²) in [5, 5.41) is 40.7. The van der Waals surface area contributed by atoms with Crippen molar-refractivity contribution in [2.24, 2.45) is 5.73 Å². The SMILES string of the molecule is CCCCCCCCCCCCCCCC(=O)OC[C@H](COP(=O)(O)OCCN)OC(=O)CCCCCCCC(O)C(O)CC(O)C(O)CCCCC. The van der Waals surface area contributed by atoms with Gasteiger partial charge < -0.3 is 40.5 Å². The van der Waals surface area contributed by atoms with Crippen LogP contribution in [0.5, 0.6) is 0 Å². The molecule has 0 heterocycles. The van der Waals surface area contributed by atoms with Crippen LogP contribution < -0.4 is 5.73 Å². The van der Waals surface area contributed by atoms with E-state index in [1.807, 2.05) is 0 Å². The number of aliphatic hydroxyl groups is 4. The Morgan fingerprint density at radius 3 is 1.47 bits per heavy atom. The van der Waals surface area contributed by atoms with Crippen molar-refractivity contribution in [3.8, 4) is 0 Å². The van der Waals surface area contributed by atoms with E-state index in [4.69, 9.17) is 24.3 Å². The topological polar surface area (TPSA) is 215 Å². The van der Waals surface area contributed by atoms with Crippen molar-refractivity contribution in [1.82, 2.24) is 0 Å². The number of aliphatic hydroxyl groups excluding tert-OH is 4. The van der Waals surface area contributed by atoms with E-state index >= 15 is 0 Å². The molecule has 316 valence electrons. The van der Waals surface area contributed by atoms with Gasteiger partial charge in [-0.05, 0) is 25.7 Å². The average molecular weight is 784 g/mol. The smallest absolute Gasteiger partial charge is 0.462 e. The second-order valence-electron chi connectivity index (χ2n) is 14.5. The van der Waals surface area contributed by atoms with Crippen LogP contribution in [0, 0.1) is 0 Å².